The van der Waals surface area contributed by atoms with Crippen LogP contribution in [0.3, 0.4) is 0 Å². The minimum absolute atomic E-state index is 0. The van der Waals surface area contributed by atoms with Crippen LogP contribution in [0.2, 0.25) is 0 Å². The molecule has 0 saturated carbocycles. The largest absolute Gasteiger partial charge is 0.497 e. The Morgan fingerprint density at radius 2 is 2.00 bits per heavy atom. The van der Waals surface area contributed by atoms with Gasteiger partial charge in [-0.25, -0.2) is 4.99 Å². The third-order valence-corrected chi connectivity index (χ3v) is 3.89. The van der Waals surface area contributed by atoms with E-state index in [1.165, 1.54) is 0 Å². The number of ether oxygens (including phenoxy) is 2. The molecule has 0 radical (unpaired) electrons. The molecule has 2 aromatic carbocycles. The fraction of sp³-hybridized carbons (Fsp3) is 0.350. The van der Waals surface area contributed by atoms with Crippen LogP contribution in [0.15, 0.2) is 47.5 Å². The van der Waals surface area contributed by atoms with E-state index in [9.17, 15) is 0 Å². The van der Waals surface area contributed by atoms with Gasteiger partial charge in [-0.1, -0.05) is 25.1 Å². The van der Waals surface area contributed by atoms with Gasteiger partial charge in [0.15, 0.2) is 5.96 Å². The van der Waals surface area contributed by atoms with Crippen LogP contribution in [0.4, 0.5) is 5.69 Å². The average Bonchev–Trinajstić information content (AvgIpc) is 2.61. The molecule has 0 bridgehead atoms. The molecule has 2 aromatic rings. The number of benzene rings is 2. The van der Waals surface area contributed by atoms with Gasteiger partial charge in [-0.05, 0) is 44.0 Å². The summed E-state index contributed by atoms with van der Waals surface area (Å²) in [5.41, 5.74) is 9.02. The van der Waals surface area contributed by atoms with Crippen LogP contribution in [0, 0.1) is 6.92 Å². The molecule has 5 nitrogen and oxygen atoms in total. The molecule has 0 aliphatic carbocycles. The van der Waals surface area contributed by atoms with E-state index in [1.54, 1.807) is 7.11 Å². The van der Waals surface area contributed by atoms with Gasteiger partial charge in [0.25, 0.3) is 0 Å². The predicted octanol–water partition coefficient (Wildman–Crippen LogP) is 4.73. The molecule has 142 valence electrons. The lowest BCUT2D eigenvalue weighted by Gasteiger charge is -2.16. The molecule has 6 heteroatoms. The van der Waals surface area contributed by atoms with Crippen molar-refractivity contribution in [1.29, 1.82) is 0 Å². The van der Waals surface area contributed by atoms with Crippen LogP contribution in [0.25, 0.3) is 0 Å². The second-order valence-corrected chi connectivity index (χ2v) is 6.01. The number of rotatable bonds is 7. The monoisotopic (exact) mass is 469 g/mol. The highest BCUT2D eigenvalue weighted by Crippen LogP contribution is 2.23. The van der Waals surface area contributed by atoms with Gasteiger partial charge in [-0.15, -0.1) is 24.0 Å². The number of anilines is 1. The topological polar surface area (TPSA) is 68.9 Å². The number of nitrogens with two attached hydrogens (primary N) is 1. The standard InChI is InChI=1S/C20H27N3O2.HI/c1-5-15(3)25-19-11-14(2)9-10-16(19)13-22-20(21)23-17-7-6-8-18(12-17)24-4;/h6-12,15H,5,13H2,1-4H3,(H3,21,22,23);1H. The number of hydrogen-bond acceptors (Lipinski definition) is 3. The molecular weight excluding hydrogens is 441 g/mol. The molecule has 0 spiro atoms. The summed E-state index contributed by atoms with van der Waals surface area (Å²) in [7, 11) is 1.63. The number of nitrogens with one attached hydrogen (secondary N) is 1. The molecule has 0 saturated heterocycles. The zero-order chi connectivity index (χ0) is 18.2. The smallest absolute Gasteiger partial charge is 0.193 e. The Labute approximate surface area is 173 Å². The van der Waals surface area contributed by atoms with Gasteiger partial charge in [0.1, 0.15) is 11.5 Å². The van der Waals surface area contributed by atoms with E-state index in [2.05, 4.69) is 37.1 Å². The van der Waals surface area contributed by atoms with E-state index in [1.807, 2.05) is 36.4 Å². The molecule has 2 rings (SSSR count). The summed E-state index contributed by atoms with van der Waals surface area (Å²) in [6, 6.07) is 13.7. The Morgan fingerprint density at radius 1 is 1.23 bits per heavy atom. The summed E-state index contributed by atoms with van der Waals surface area (Å²) in [6.45, 7) is 6.67. The van der Waals surface area contributed by atoms with Gasteiger partial charge >= 0.3 is 0 Å². The zero-order valence-electron chi connectivity index (χ0n) is 15.8. The first-order valence-corrected chi connectivity index (χ1v) is 8.49. The lowest BCUT2D eigenvalue weighted by Crippen LogP contribution is -2.22. The summed E-state index contributed by atoms with van der Waals surface area (Å²) >= 11 is 0. The summed E-state index contributed by atoms with van der Waals surface area (Å²) in [4.78, 5) is 4.43. The molecule has 1 atom stereocenters. The normalized spacial score (nSPS) is 12.1. The van der Waals surface area contributed by atoms with Gasteiger partial charge in [-0.2, -0.15) is 0 Å². The van der Waals surface area contributed by atoms with Gasteiger partial charge in [0.05, 0.1) is 19.8 Å². The van der Waals surface area contributed by atoms with Gasteiger partial charge in [0.2, 0.25) is 0 Å². The molecule has 3 N–H and O–H groups in total. The highest BCUT2D eigenvalue weighted by atomic mass is 127. The fourth-order valence-corrected chi connectivity index (χ4v) is 2.26. The molecule has 0 amide bonds. The number of methoxy groups -OCH3 is 1. The van der Waals surface area contributed by atoms with E-state index in [4.69, 9.17) is 15.2 Å². The van der Waals surface area contributed by atoms with Crippen molar-refractivity contribution in [2.45, 2.75) is 39.8 Å². The van der Waals surface area contributed by atoms with Crippen LogP contribution in [-0.4, -0.2) is 19.2 Å². The second-order valence-electron chi connectivity index (χ2n) is 6.01. The Morgan fingerprint density at radius 3 is 2.69 bits per heavy atom. The number of hydrogen-bond donors (Lipinski definition) is 2. The minimum atomic E-state index is 0. The van der Waals surface area contributed by atoms with Gasteiger partial charge in [-0.3, -0.25) is 0 Å². The maximum atomic E-state index is 6.01. The van der Waals surface area contributed by atoms with Crippen LogP contribution >= 0.6 is 24.0 Å². The minimum Gasteiger partial charge on any atom is -0.497 e. The van der Waals surface area contributed by atoms with Crippen molar-refractivity contribution in [2.24, 2.45) is 10.7 Å². The summed E-state index contributed by atoms with van der Waals surface area (Å²) in [6.07, 6.45) is 1.12. The van der Waals surface area contributed by atoms with E-state index in [-0.39, 0.29) is 30.1 Å². The lowest BCUT2D eigenvalue weighted by atomic mass is 10.1. The highest BCUT2D eigenvalue weighted by molar-refractivity contribution is 14.0. The SMILES string of the molecule is CCC(C)Oc1cc(C)ccc1CN=C(N)Nc1cccc(OC)c1.I. The number of nitrogens with zero attached hydrogens (tertiary/aromatic N) is 1. The maximum absolute atomic E-state index is 6.01. The van der Waals surface area contributed by atoms with Crippen molar-refractivity contribution in [3.63, 3.8) is 0 Å². The van der Waals surface area contributed by atoms with Crippen molar-refractivity contribution >= 4 is 35.6 Å². The van der Waals surface area contributed by atoms with E-state index in [0.29, 0.717) is 12.5 Å². The summed E-state index contributed by atoms with van der Waals surface area (Å²) < 4.78 is 11.2. The predicted molar refractivity (Wildman–Crippen MR) is 119 cm³/mol. The molecular formula is C20H28IN3O2. The van der Waals surface area contributed by atoms with Crippen LogP contribution in [0.1, 0.15) is 31.4 Å². The first-order chi connectivity index (χ1) is 12.0. The molecule has 1 unspecified atom stereocenters. The third-order valence-electron chi connectivity index (χ3n) is 3.89. The lowest BCUT2D eigenvalue weighted by molar-refractivity contribution is 0.215. The third kappa shape index (κ3) is 6.74. The zero-order valence-corrected chi connectivity index (χ0v) is 18.1. The summed E-state index contributed by atoms with van der Waals surface area (Å²) in [5, 5.41) is 3.08. The van der Waals surface area contributed by atoms with Crippen LogP contribution < -0.4 is 20.5 Å². The van der Waals surface area contributed by atoms with E-state index in [0.717, 1.165) is 34.7 Å². The summed E-state index contributed by atoms with van der Waals surface area (Å²) in [5.74, 6) is 1.98. The molecule has 26 heavy (non-hydrogen) atoms. The van der Waals surface area contributed by atoms with Crippen LogP contribution in [-0.2, 0) is 6.54 Å². The van der Waals surface area contributed by atoms with E-state index < -0.39 is 0 Å². The Kier molecular flexibility index (Phi) is 9.26. The molecule has 0 heterocycles. The number of guanidine groups is 1. The van der Waals surface area contributed by atoms with Crippen molar-refractivity contribution in [3.8, 4) is 11.5 Å². The van der Waals surface area contributed by atoms with Crippen LogP contribution in [0.5, 0.6) is 11.5 Å². The maximum Gasteiger partial charge on any atom is 0.193 e. The quantitative estimate of drug-likeness (QED) is 0.350. The number of aliphatic imine (C=N–C) groups is 1. The van der Waals surface area contributed by atoms with Crippen molar-refractivity contribution in [3.05, 3.63) is 53.6 Å². The molecule has 0 aromatic heterocycles. The van der Waals surface area contributed by atoms with Crippen molar-refractivity contribution < 1.29 is 9.47 Å². The Bertz CT molecular complexity index is 735. The average molecular weight is 469 g/mol. The van der Waals surface area contributed by atoms with Gasteiger partial charge in [0, 0.05) is 17.3 Å². The molecule has 0 aliphatic heterocycles. The van der Waals surface area contributed by atoms with Crippen molar-refractivity contribution in [2.75, 3.05) is 12.4 Å². The second kappa shape index (κ2) is 10.9. The Balaban J connectivity index is 0.00000338. The first-order valence-electron chi connectivity index (χ1n) is 8.49. The van der Waals surface area contributed by atoms with Crippen molar-refractivity contribution in [1.82, 2.24) is 0 Å². The van der Waals surface area contributed by atoms with E-state index >= 15 is 0 Å². The number of aryl methyl sites for hydroxylation is 1. The molecule has 0 aliphatic rings. The van der Waals surface area contributed by atoms with Gasteiger partial charge < -0.3 is 20.5 Å². The number of halogens is 1. The first kappa shape index (κ1) is 22.1. The fourth-order valence-electron chi connectivity index (χ4n) is 2.26. The molecule has 0 fully saturated rings. The highest BCUT2D eigenvalue weighted by Gasteiger charge is 2.08. The Hall–Kier alpha value is -1.96.